The molecule has 1 aromatic rings. The van der Waals surface area contributed by atoms with E-state index in [4.69, 9.17) is 4.74 Å². The Kier molecular flexibility index (Phi) is 6.33. The van der Waals surface area contributed by atoms with E-state index in [1.54, 1.807) is 18.4 Å². The van der Waals surface area contributed by atoms with Crippen LogP contribution in [-0.4, -0.2) is 32.8 Å². The van der Waals surface area contributed by atoms with Crippen molar-refractivity contribution in [1.29, 1.82) is 0 Å². The van der Waals surface area contributed by atoms with E-state index in [1.807, 2.05) is 0 Å². The predicted molar refractivity (Wildman–Crippen MR) is 85.4 cm³/mol. The number of aliphatic imine (C=N–C) groups is 1. The lowest BCUT2D eigenvalue weighted by atomic mass is 10.3. The first-order valence-corrected chi connectivity index (χ1v) is 8.23. The molecule has 1 aromatic heterocycles. The van der Waals surface area contributed by atoms with Gasteiger partial charge in [0.15, 0.2) is 5.96 Å². The number of nitrogens with zero attached hydrogens (tertiary/aromatic N) is 1. The van der Waals surface area contributed by atoms with Gasteiger partial charge in [0.2, 0.25) is 0 Å². The molecule has 1 aliphatic carbocycles. The van der Waals surface area contributed by atoms with Crippen molar-refractivity contribution in [3.8, 4) is 0 Å². The number of hydrogen-bond acceptors (Lipinski definition) is 3. The standard InChI is InChI=1S/C15H25N3OS/c1-12-6-9-20-14(12)10-18-15(16-2)17-7-3-8-19-11-13-4-5-13/h6,9,13H,3-5,7-8,10-11H2,1-2H3,(H2,16,17,18). The van der Waals surface area contributed by atoms with E-state index in [-0.39, 0.29) is 0 Å². The van der Waals surface area contributed by atoms with E-state index in [0.29, 0.717) is 0 Å². The molecule has 1 fully saturated rings. The maximum atomic E-state index is 5.61. The van der Waals surface area contributed by atoms with Crippen molar-refractivity contribution < 1.29 is 4.74 Å². The van der Waals surface area contributed by atoms with Gasteiger partial charge in [-0.2, -0.15) is 0 Å². The molecule has 0 bridgehead atoms. The number of aryl methyl sites for hydroxylation is 1. The van der Waals surface area contributed by atoms with Gasteiger partial charge in [-0.1, -0.05) is 0 Å². The minimum absolute atomic E-state index is 0.835. The van der Waals surface area contributed by atoms with Gasteiger partial charge in [0.25, 0.3) is 0 Å². The zero-order chi connectivity index (χ0) is 14.2. The van der Waals surface area contributed by atoms with E-state index < -0.39 is 0 Å². The highest BCUT2D eigenvalue weighted by Gasteiger charge is 2.20. The molecule has 5 heteroatoms. The van der Waals surface area contributed by atoms with Gasteiger partial charge in [0.05, 0.1) is 6.54 Å². The molecule has 0 amide bonds. The summed E-state index contributed by atoms with van der Waals surface area (Å²) in [5.74, 6) is 1.71. The molecule has 0 aromatic carbocycles. The van der Waals surface area contributed by atoms with Gasteiger partial charge >= 0.3 is 0 Å². The van der Waals surface area contributed by atoms with Crippen molar-refractivity contribution in [1.82, 2.24) is 10.6 Å². The van der Waals surface area contributed by atoms with Gasteiger partial charge in [-0.3, -0.25) is 4.99 Å². The molecule has 0 spiro atoms. The third kappa shape index (κ3) is 5.51. The molecule has 1 saturated carbocycles. The average Bonchev–Trinajstić information content (AvgIpc) is 3.19. The van der Waals surface area contributed by atoms with Crippen molar-refractivity contribution in [2.24, 2.45) is 10.9 Å². The van der Waals surface area contributed by atoms with E-state index >= 15 is 0 Å². The fourth-order valence-electron chi connectivity index (χ4n) is 1.89. The van der Waals surface area contributed by atoms with Crippen LogP contribution in [0.5, 0.6) is 0 Å². The molecule has 0 aliphatic heterocycles. The second-order valence-corrected chi connectivity index (χ2v) is 6.25. The Morgan fingerprint density at radius 1 is 1.45 bits per heavy atom. The zero-order valence-corrected chi connectivity index (χ0v) is 13.3. The van der Waals surface area contributed by atoms with E-state index in [9.17, 15) is 0 Å². The predicted octanol–water partition coefficient (Wildman–Crippen LogP) is 2.54. The maximum Gasteiger partial charge on any atom is 0.191 e. The molecule has 1 heterocycles. The lowest BCUT2D eigenvalue weighted by Crippen LogP contribution is -2.37. The Bertz CT molecular complexity index is 427. The summed E-state index contributed by atoms with van der Waals surface area (Å²) in [5.41, 5.74) is 1.34. The van der Waals surface area contributed by atoms with Crippen LogP contribution in [0.3, 0.4) is 0 Å². The van der Waals surface area contributed by atoms with Crippen LogP contribution in [0.25, 0.3) is 0 Å². The van der Waals surface area contributed by atoms with Crippen LogP contribution in [0.1, 0.15) is 29.7 Å². The first-order chi connectivity index (χ1) is 9.79. The minimum atomic E-state index is 0.835. The first kappa shape index (κ1) is 15.3. The Labute approximate surface area is 125 Å². The molecule has 2 rings (SSSR count). The SMILES string of the molecule is CN=C(NCCCOCC1CC1)NCc1sccc1C. The summed E-state index contributed by atoms with van der Waals surface area (Å²) in [6, 6.07) is 2.15. The molecular formula is C15H25N3OS. The van der Waals surface area contributed by atoms with Gasteiger partial charge < -0.3 is 15.4 Å². The second kappa shape index (κ2) is 8.27. The third-order valence-electron chi connectivity index (χ3n) is 3.42. The van der Waals surface area contributed by atoms with E-state index in [1.165, 1.54) is 23.3 Å². The van der Waals surface area contributed by atoms with Crippen molar-refractivity contribution in [2.75, 3.05) is 26.8 Å². The van der Waals surface area contributed by atoms with E-state index in [2.05, 4.69) is 34.0 Å². The van der Waals surface area contributed by atoms with Crippen LogP contribution >= 0.6 is 11.3 Å². The maximum absolute atomic E-state index is 5.61. The molecule has 0 saturated heterocycles. The smallest absolute Gasteiger partial charge is 0.191 e. The summed E-state index contributed by atoms with van der Waals surface area (Å²) in [4.78, 5) is 5.59. The number of thiophene rings is 1. The Hall–Kier alpha value is -1.07. The average molecular weight is 295 g/mol. The van der Waals surface area contributed by atoms with Crippen LogP contribution in [0.15, 0.2) is 16.4 Å². The van der Waals surface area contributed by atoms with Gasteiger partial charge in [-0.05, 0) is 49.1 Å². The number of hydrogen-bond donors (Lipinski definition) is 2. The van der Waals surface area contributed by atoms with E-state index in [0.717, 1.165) is 44.6 Å². The molecule has 4 nitrogen and oxygen atoms in total. The van der Waals surface area contributed by atoms with Gasteiger partial charge in [-0.15, -0.1) is 11.3 Å². The van der Waals surface area contributed by atoms with Crippen LogP contribution in [0, 0.1) is 12.8 Å². The molecule has 2 N–H and O–H groups in total. The molecule has 0 radical (unpaired) electrons. The van der Waals surface area contributed by atoms with Crippen molar-refractivity contribution >= 4 is 17.3 Å². The zero-order valence-electron chi connectivity index (χ0n) is 12.4. The highest BCUT2D eigenvalue weighted by molar-refractivity contribution is 7.10. The second-order valence-electron chi connectivity index (χ2n) is 5.25. The molecule has 112 valence electrons. The highest BCUT2D eigenvalue weighted by Crippen LogP contribution is 2.28. The molecular weight excluding hydrogens is 270 g/mol. The summed E-state index contributed by atoms with van der Waals surface area (Å²) in [5, 5.41) is 8.78. The first-order valence-electron chi connectivity index (χ1n) is 7.35. The van der Waals surface area contributed by atoms with Gasteiger partial charge in [0, 0.05) is 31.7 Å². The molecule has 1 aliphatic rings. The normalized spacial score (nSPS) is 15.4. The van der Waals surface area contributed by atoms with Crippen molar-refractivity contribution in [2.45, 2.75) is 32.7 Å². The Morgan fingerprint density at radius 3 is 2.95 bits per heavy atom. The lowest BCUT2D eigenvalue weighted by Gasteiger charge is -2.11. The molecule has 0 unspecified atom stereocenters. The number of nitrogens with one attached hydrogen (secondary N) is 2. The van der Waals surface area contributed by atoms with Crippen LogP contribution in [0.4, 0.5) is 0 Å². The monoisotopic (exact) mass is 295 g/mol. The lowest BCUT2D eigenvalue weighted by molar-refractivity contribution is 0.123. The van der Waals surface area contributed by atoms with Crippen molar-refractivity contribution in [3.05, 3.63) is 21.9 Å². The van der Waals surface area contributed by atoms with Crippen LogP contribution < -0.4 is 10.6 Å². The highest BCUT2D eigenvalue weighted by atomic mass is 32.1. The fraction of sp³-hybridized carbons (Fsp3) is 0.667. The third-order valence-corrected chi connectivity index (χ3v) is 4.44. The quantitative estimate of drug-likeness (QED) is 0.440. The number of rotatable bonds is 8. The Balaban J connectivity index is 1.54. The molecule has 0 atom stereocenters. The summed E-state index contributed by atoms with van der Waals surface area (Å²) >= 11 is 1.78. The number of ether oxygens (including phenoxy) is 1. The minimum Gasteiger partial charge on any atom is -0.381 e. The molecule has 20 heavy (non-hydrogen) atoms. The van der Waals surface area contributed by atoms with Gasteiger partial charge in [-0.25, -0.2) is 0 Å². The fourth-order valence-corrected chi connectivity index (χ4v) is 2.73. The largest absolute Gasteiger partial charge is 0.381 e. The number of guanidine groups is 1. The summed E-state index contributed by atoms with van der Waals surface area (Å²) in [6.45, 7) is 5.66. The van der Waals surface area contributed by atoms with Crippen molar-refractivity contribution in [3.63, 3.8) is 0 Å². The van der Waals surface area contributed by atoms with Crippen LogP contribution in [-0.2, 0) is 11.3 Å². The summed E-state index contributed by atoms with van der Waals surface area (Å²) in [7, 11) is 1.81. The summed E-state index contributed by atoms with van der Waals surface area (Å²) < 4.78 is 5.61. The topological polar surface area (TPSA) is 45.7 Å². The van der Waals surface area contributed by atoms with Crippen LogP contribution in [0.2, 0.25) is 0 Å². The van der Waals surface area contributed by atoms with Gasteiger partial charge in [0.1, 0.15) is 0 Å². The Morgan fingerprint density at radius 2 is 2.30 bits per heavy atom. The summed E-state index contributed by atoms with van der Waals surface area (Å²) in [6.07, 6.45) is 3.74.